The van der Waals surface area contributed by atoms with Gasteiger partial charge in [0.05, 0.1) is 18.4 Å². The molecule has 1 aliphatic rings. The fraction of sp³-hybridized carbons (Fsp3) is 0.333. The monoisotopic (exact) mass is 375 g/mol. The topological polar surface area (TPSA) is 46.6 Å². The van der Waals surface area contributed by atoms with E-state index < -0.39 is 5.97 Å². The van der Waals surface area contributed by atoms with Crippen LogP contribution in [0.1, 0.15) is 16.8 Å². The van der Waals surface area contributed by atoms with E-state index >= 15 is 0 Å². The van der Waals surface area contributed by atoms with E-state index in [0.717, 1.165) is 4.47 Å². The van der Waals surface area contributed by atoms with Gasteiger partial charge in [0.2, 0.25) is 5.91 Å². The maximum absolute atomic E-state index is 11.9. The number of halogens is 2. The van der Waals surface area contributed by atoms with Gasteiger partial charge in [-0.1, -0.05) is 31.9 Å². The van der Waals surface area contributed by atoms with Crippen molar-refractivity contribution in [2.24, 2.45) is 0 Å². The van der Waals surface area contributed by atoms with Gasteiger partial charge in [0, 0.05) is 22.3 Å². The van der Waals surface area contributed by atoms with Crippen LogP contribution in [-0.4, -0.2) is 30.4 Å². The second-order valence-electron chi connectivity index (χ2n) is 3.96. The largest absolute Gasteiger partial charge is 0.465 e. The quantitative estimate of drug-likeness (QED) is 0.589. The number of esters is 1. The maximum Gasteiger partial charge on any atom is 0.340 e. The molecule has 1 amide bonds. The van der Waals surface area contributed by atoms with Crippen molar-refractivity contribution >= 4 is 49.4 Å². The molecule has 0 saturated carbocycles. The second-order valence-corrected chi connectivity index (χ2v) is 6.17. The SMILES string of the molecule is COC(=O)c1cc(Br)ccc1N1CC(Br)CC1=O. The van der Waals surface area contributed by atoms with Crippen LogP contribution >= 0.6 is 31.9 Å². The van der Waals surface area contributed by atoms with E-state index in [-0.39, 0.29) is 10.7 Å². The van der Waals surface area contributed by atoms with Gasteiger partial charge in [-0.3, -0.25) is 4.79 Å². The lowest BCUT2D eigenvalue weighted by Gasteiger charge is -2.19. The third-order valence-electron chi connectivity index (χ3n) is 2.73. The summed E-state index contributed by atoms with van der Waals surface area (Å²) >= 11 is 6.73. The molecule has 1 aromatic carbocycles. The highest BCUT2D eigenvalue weighted by atomic mass is 79.9. The zero-order chi connectivity index (χ0) is 13.3. The molecule has 0 spiro atoms. The molecule has 0 aromatic heterocycles. The van der Waals surface area contributed by atoms with Crippen molar-refractivity contribution in [3.63, 3.8) is 0 Å². The number of hydrogen-bond donors (Lipinski definition) is 0. The number of carbonyl (C=O) groups excluding carboxylic acids is 2. The maximum atomic E-state index is 11.9. The van der Waals surface area contributed by atoms with Crippen molar-refractivity contribution in [2.45, 2.75) is 11.2 Å². The summed E-state index contributed by atoms with van der Waals surface area (Å²) in [5, 5.41) is 0. The number of ether oxygens (including phenoxy) is 1. The van der Waals surface area contributed by atoms with Crippen molar-refractivity contribution in [1.82, 2.24) is 0 Å². The zero-order valence-corrected chi connectivity index (χ0v) is 12.8. The molecular formula is C12H11Br2NO3. The molecule has 0 bridgehead atoms. The van der Waals surface area contributed by atoms with Crippen LogP contribution in [0.4, 0.5) is 5.69 Å². The van der Waals surface area contributed by atoms with Gasteiger partial charge in [-0.15, -0.1) is 0 Å². The fourth-order valence-corrected chi connectivity index (χ4v) is 2.84. The Kier molecular flexibility index (Phi) is 4.07. The standard InChI is InChI=1S/C12H11Br2NO3/c1-18-12(17)9-4-7(13)2-3-10(9)15-6-8(14)5-11(15)16/h2-4,8H,5-6H2,1H3. The van der Waals surface area contributed by atoms with Crippen LogP contribution in [0.3, 0.4) is 0 Å². The lowest BCUT2D eigenvalue weighted by molar-refractivity contribution is -0.117. The summed E-state index contributed by atoms with van der Waals surface area (Å²) in [5.74, 6) is -0.443. The number of hydrogen-bond acceptors (Lipinski definition) is 3. The predicted octanol–water partition coefficient (Wildman–Crippen LogP) is 2.74. The van der Waals surface area contributed by atoms with Crippen LogP contribution in [-0.2, 0) is 9.53 Å². The van der Waals surface area contributed by atoms with E-state index in [9.17, 15) is 9.59 Å². The van der Waals surface area contributed by atoms with Crippen LogP contribution < -0.4 is 4.90 Å². The molecule has 6 heteroatoms. The molecule has 1 fully saturated rings. The molecule has 96 valence electrons. The predicted molar refractivity (Wildman–Crippen MR) is 75.2 cm³/mol. The molecule has 0 aliphatic carbocycles. The Balaban J connectivity index is 2.44. The molecule has 18 heavy (non-hydrogen) atoms. The molecule has 1 heterocycles. The lowest BCUT2D eigenvalue weighted by Crippen LogP contribution is -2.26. The van der Waals surface area contributed by atoms with Crippen LogP contribution in [0.15, 0.2) is 22.7 Å². The third-order valence-corrected chi connectivity index (χ3v) is 3.84. The van der Waals surface area contributed by atoms with E-state index in [1.54, 1.807) is 23.1 Å². The average molecular weight is 377 g/mol. The van der Waals surface area contributed by atoms with Crippen LogP contribution in [0.5, 0.6) is 0 Å². The van der Waals surface area contributed by atoms with E-state index in [1.165, 1.54) is 7.11 Å². The van der Waals surface area contributed by atoms with Crippen molar-refractivity contribution in [2.75, 3.05) is 18.6 Å². The van der Waals surface area contributed by atoms with Crippen LogP contribution in [0.2, 0.25) is 0 Å². The lowest BCUT2D eigenvalue weighted by atomic mass is 10.1. The van der Waals surface area contributed by atoms with Gasteiger partial charge in [0.25, 0.3) is 0 Å². The highest BCUT2D eigenvalue weighted by molar-refractivity contribution is 9.10. The minimum absolute atomic E-state index is 0.00403. The number of methoxy groups -OCH3 is 1. The Morgan fingerprint density at radius 1 is 1.50 bits per heavy atom. The molecule has 1 saturated heterocycles. The van der Waals surface area contributed by atoms with Crippen LogP contribution in [0, 0.1) is 0 Å². The van der Waals surface area contributed by atoms with Crippen molar-refractivity contribution in [3.05, 3.63) is 28.2 Å². The van der Waals surface area contributed by atoms with Crippen molar-refractivity contribution < 1.29 is 14.3 Å². The van der Waals surface area contributed by atoms with Crippen molar-refractivity contribution in [1.29, 1.82) is 0 Å². The van der Waals surface area contributed by atoms with Crippen molar-refractivity contribution in [3.8, 4) is 0 Å². The molecule has 0 N–H and O–H groups in total. The van der Waals surface area contributed by atoms with Gasteiger partial charge in [-0.25, -0.2) is 4.79 Å². The number of amides is 1. The number of rotatable bonds is 2. The summed E-state index contributed by atoms with van der Waals surface area (Å²) in [4.78, 5) is 25.3. The van der Waals surface area contributed by atoms with Gasteiger partial charge < -0.3 is 9.64 Å². The van der Waals surface area contributed by atoms with Gasteiger partial charge in [-0.05, 0) is 18.2 Å². The zero-order valence-electron chi connectivity index (χ0n) is 9.65. The normalized spacial score (nSPS) is 19.2. The summed E-state index contributed by atoms with van der Waals surface area (Å²) in [6.07, 6.45) is 0.441. The van der Waals surface area contributed by atoms with Gasteiger partial charge >= 0.3 is 5.97 Å². The number of alkyl halides is 1. The number of nitrogens with zero attached hydrogens (tertiary/aromatic N) is 1. The molecule has 0 radical (unpaired) electrons. The molecule has 1 aliphatic heterocycles. The van der Waals surface area contributed by atoms with Gasteiger partial charge in [0.15, 0.2) is 0 Å². The second kappa shape index (κ2) is 5.40. The van der Waals surface area contributed by atoms with E-state index in [2.05, 4.69) is 31.9 Å². The average Bonchev–Trinajstić information content (AvgIpc) is 2.67. The van der Waals surface area contributed by atoms with E-state index in [0.29, 0.717) is 24.2 Å². The Labute approximate surface area is 122 Å². The number of anilines is 1. The van der Waals surface area contributed by atoms with Gasteiger partial charge in [-0.2, -0.15) is 0 Å². The minimum Gasteiger partial charge on any atom is -0.465 e. The Hall–Kier alpha value is -0.880. The first-order valence-electron chi connectivity index (χ1n) is 5.35. The molecule has 1 atom stereocenters. The summed E-state index contributed by atoms with van der Waals surface area (Å²) in [5.41, 5.74) is 0.985. The molecule has 1 aromatic rings. The number of carbonyl (C=O) groups is 2. The Morgan fingerprint density at radius 3 is 2.78 bits per heavy atom. The molecule has 1 unspecified atom stereocenters. The smallest absolute Gasteiger partial charge is 0.340 e. The minimum atomic E-state index is -0.447. The Morgan fingerprint density at radius 2 is 2.22 bits per heavy atom. The highest BCUT2D eigenvalue weighted by Crippen LogP contribution is 2.30. The molecule has 4 nitrogen and oxygen atoms in total. The highest BCUT2D eigenvalue weighted by Gasteiger charge is 2.31. The summed E-state index contributed by atoms with van der Waals surface area (Å²) in [6.45, 7) is 0.560. The first kappa shape index (κ1) is 13.5. The first-order valence-corrected chi connectivity index (χ1v) is 7.06. The summed E-state index contributed by atoms with van der Waals surface area (Å²) < 4.78 is 5.52. The first-order chi connectivity index (χ1) is 8.52. The summed E-state index contributed by atoms with van der Waals surface area (Å²) in [7, 11) is 1.33. The number of benzene rings is 1. The molecular weight excluding hydrogens is 366 g/mol. The van der Waals surface area contributed by atoms with Gasteiger partial charge in [0.1, 0.15) is 0 Å². The van der Waals surface area contributed by atoms with E-state index in [1.807, 2.05) is 0 Å². The summed E-state index contributed by atoms with van der Waals surface area (Å²) in [6, 6.07) is 5.21. The Bertz CT molecular complexity index is 504. The fourth-order valence-electron chi connectivity index (χ4n) is 1.91. The molecule has 2 rings (SSSR count). The van der Waals surface area contributed by atoms with E-state index in [4.69, 9.17) is 4.74 Å². The third kappa shape index (κ3) is 2.59. The van der Waals surface area contributed by atoms with Crippen LogP contribution in [0.25, 0.3) is 0 Å².